The van der Waals surface area contributed by atoms with Gasteiger partial charge in [0.05, 0.1) is 7.11 Å². The van der Waals surface area contributed by atoms with E-state index in [1.807, 2.05) is 6.07 Å². The van der Waals surface area contributed by atoms with Crippen LogP contribution in [0.1, 0.15) is 6.92 Å². The van der Waals surface area contributed by atoms with Gasteiger partial charge in [0, 0.05) is 11.8 Å². The molecule has 1 atom stereocenters. The summed E-state index contributed by atoms with van der Waals surface area (Å²) in [7, 11) is 1.58. The molecule has 0 aliphatic carbocycles. The molecule has 0 spiro atoms. The summed E-state index contributed by atoms with van der Waals surface area (Å²) in [6.45, 7) is 5.73. The van der Waals surface area contributed by atoms with Crippen molar-refractivity contribution in [2.45, 2.75) is 13.0 Å². The van der Waals surface area contributed by atoms with Crippen LogP contribution in [-0.4, -0.2) is 25.7 Å². The summed E-state index contributed by atoms with van der Waals surface area (Å²) < 4.78 is 16.2. The van der Waals surface area contributed by atoms with Gasteiger partial charge in [-0.1, -0.05) is 18.7 Å². The topological polar surface area (TPSA) is 56.8 Å². The lowest BCUT2D eigenvalue weighted by Crippen LogP contribution is -2.30. The summed E-state index contributed by atoms with van der Waals surface area (Å²) in [6.07, 6.45) is 1.03. The molecular formula is C19H21NO4. The van der Waals surface area contributed by atoms with E-state index in [2.05, 4.69) is 11.9 Å². The summed E-state index contributed by atoms with van der Waals surface area (Å²) in [5, 5.41) is 2.80. The molecule has 1 unspecified atom stereocenters. The molecule has 0 saturated carbocycles. The zero-order chi connectivity index (χ0) is 17.4. The highest BCUT2D eigenvalue weighted by Crippen LogP contribution is 2.21. The predicted molar refractivity (Wildman–Crippen MR) is 93.8 cm³/mol. The van der Waals surface area contributed by atoms with Crippen molar-refractivity contribution in [3.05, 3.63) is 61.2 Å². The second kappa shape index (κ2) is 8.62. The Morgan fingerprint density at radius 3 is 2.54 bits per heavy atom. The number of methoxy groups -OCH3 is 1. The Kier molecular flexibility index (Phi) is 6.25. The summed E-state index contributed by atoms with van der Waals surface area (Å²) in [6, 6.07) is 14.2. The Morgan fingerprint density at radius 2 is 1.88 bits per heavy atom. The van der Waals surface area contributed by atoms with Gasteiger partial charge in [-0.15, -0.1) is 0 Å². The molecule has 0 aliphatic heterocycles. The van der Waals surface area contributed by atoms with Crippen LogP contribution >= 0.6 is 0 Å². The van der Waals surface area contributed by atoms with Crippen molar-refractivity contribution < 1.29 is 19.0 Å². The molecule has 0 heterocycles. The van der Waals surface area contributed by atoms with Gasteiger partial charge in [0.25, 0.3) is 5.91 Å². The normalized spacial score (nSPS) is 11.2. The van der Waals surface area contributed by atoms with Crippen LogP contribution in [0.5, 0.6) is 17.2 Å². The number of nitrogens with one attached hydrogen (secondary N) is 1. The molecule has 1 amide bonds. The highest BCUT2D eigenvalue weighted by atomic mass is 16.5. The Bertz CT molecular complexity index is 682. The van der Waals surface area contributed by atoms with Crippen LogP contribution in [-0.2, 0) is 4.79 Å². The molecule has 24 heavy (non-hydrogen) atoms. The third-order valence-electron chi connectivity index (χ3n) is 3.21. The van der Waals surface area contributed by atoms with Gasteiger partial charge in [-0.05, 0) is 43.3 Å². The molecule has 2 aromatic rings. The fourth-order valence-electron chi connectivity index (χ4n) is 1.97. The second-order valence-electron chi connectivity index (χ2n) is 5.05. The van der Waals surface area contributed by atoms with Crippen LogP contribution in [0.4, 0.5) is 5.69 Å². The van der Waals surface area contributed by atoms with Crippen molar-refractivity contribution >= 4 is 11.6 Å². The minimum atomic E-state index is -0.645. The molecule has 5 heteroatoms. The highest BCUT2D eigenvalue weighted by molar-refractivity contribution is 5.94. The van der Waals surface area contributed by atoms with Crippen LogP contribution in [0, 0.1) is 0 Å². The van der Waals surface area contributed by atoms with Crippen molar-refractivity contribution in [3.63, 3.8) is 0 Å². The van der Waals surface area contributed by atoms with Gasteiger partial charge in [0.2, 0.25) is 0 Å². The summed E-state index contributed by atoms with van der Waals surface area (Å²) in [5.74, 6) is 1.73. The zero-order valence-corrected chi connectivity index (χ0v) is 13.8. The van der Waals surface area contributed by atoms with Gasteiger partial charge in [0.1, 0.15) is 23.9 Å². The third kappa shape index (κ3) is 5.05. The van der Waals surface area contributed by atoms with Gasteiger partial charge >= 0.3 is 0 Å². The Labute approximate surface area is 141 Å². The Balaban J connectivity index is 1.92. The molecule has 0 aliphatic rings. The lowest BCUT2D eigenvalue weighted by Gasteiger charge is -2.15. The van der Waals surface area contributed by atoms with Crippen LogP contribution < -0.4 is 19.5 Å². The molecule has 2 rings (SSSR count). The van der Waals surface area contributed by atoms with Crippen molar-refractivity contribution in [1.29, 1.82) is 0 Å². The average Bonchev–Trinajstić information content (AvgIpc) is 2.61. The number of benzene rings is 2. The summed E-state index contributed by atoms with van der Waals surface area (Å²) in [5.41, 5.74) is 0.673. The fraction of sp³-hybridized carbons (Fsp3) is 0.211. The Hall–Kier alpha value is -2.95. The monoisotopic (exact) mass is 327 g/mol. The van der Waals surface area contributed by atoms with Gasteiger partial charge in [-0.3, -0.25) is 4.79 Å². The van der Waals surface area contributed by atoms with Crippen LogP contribution in [0.15, 0.2) is 61.2 Å². The number of rotatable bonds is 8. The number of anilines is 1. The number of carbonyl (C=O) groups is 1. The van der Waals surface area contributed by atoms with Crippen molar-refractivity contribution in [3.8, 4) is 17.2 Å². The fourth-order valence-corrected chi connectivity index (χ4v) is 1.97. The van der Waals surface area contributed by atoms with Gasteiger partial charge in [-0.25, -0.2) is 0 Å². The van der Waals surface area contributed by atoms with Crippen molar-refractivity contribution in [2.24, 2.45) is 0 Å². The number of hydrogen-bond acceptors (Lipinski definition) is 4. The van der Waals surface area contributed by atoms with E-state index in [-0.39, 0.29) is 5.91 Å². The van der Waals surface area contributed by atoms with Gasteiger partial charge < -0.3 is 19.5 Å². The van der Waals surface area contributed by atoms with E-state index in [1.54, 1.807) is 62.6 Å². The van der Waals surface area contributed by atoms with E-state index in [1.165, 1.54) is 0 Å². The number of hydrogen-bond donors (Lipinski definition) is 1. The SMILES string of the molecule is C=CCOc1ccc(NC(=O)C(C)Oc2cccc(OC)c2)cc1. The van der Waals surface area contributed by atoms with E-state index >= 15 is 0 Å². The van der Waals surface area contributed by atoms with Crippen molar-refractivity contribution in [1.82, 2.24) is 0 Å². The molecule has 2 aromatic carbocycles. The van der Waals surface area contributed by atoms with E-state index in [0.717, 1.165) is 0 Å². The van der Waals surface area contributed by atoms with Gasteiger partial charge in [-0.2, -0.15) is 0 Å². The standard InChI is InChI=1S/C19H21NO4/c1-4-12-23-16-10-8-15(9-11-16)20-19(21)14(2)24-18-7-5-6-17(13-18)22-3/h4-11,13-14H,1,12H2,2-3H3,(H,20,21). The maximum Gasteiger partial charge on any atom is 0.265 e. The van der Waals surface area contributed by atoms with Crippen LogP contribution in [0.3, 0.4) is 0 Å². The van der Waals surface area contributed by atoms with E-state index < -0.39 is 6.10 Å². The molecule has 1 N–H and O–H groups in total. The van der Waals surface area contributed by atoms with Crippen LogP contribution in [0.25, 0.3) is 0 Å². The molecule has 0 radical (unpaired) electrons. The second-order valence-corrected chi connectivity index (χ2v) is 5.05. The molecular weight excluding hydrogens is 306 g/mol. The first kappa shape index (κ1) is 17.4. The van der Waals surface area contributed by atoms with Crippen molar-refractivity contribution in [2.75, 3.05) is 19.0 Å². The smallest absolute Gasteiger partial charge is 0.265 e. The summed E-state index contributed by atoms with van der Waals surface area (Å²) in [4.78, 5) is 12.2. The van der Waals surface area contributed by atoms with E-state index in [4.69, 9.17) is 14.2 Å². The minimum Gasteiger partial charge on any atom is -0.497 e. The highest BCUT2D eigenvalue weighted by Gasteiger charge is 2.15. The first-order valence-corrected chi connectivity index (χ1v) is 7.57. The number of carbonyl (C=O) groups excluding carboxylic acids is 1. The van der Waals surface area contributed by atoms with E-state index in [9.17, 15) is 4.79 Å². The molecule has 5 nitrogen and oxygen atoms in total. The average molecular weight is 327 g/mol. The summed E-state index contributed by atoms with van der Waals surface area (Å²) >= 11 is 0. The maximum absolute atomic E-state index is 12.2. The molecule has 0 bridgehead atoms. The van der Waals surface area contributed by atoms with Gasteiger partial charge in [0.15, 0.2) is 6.10 Å². The maximum atomic E-state index is 12.2. The molecule has 0 saturated heterocycles. The first-order valence-electron chi connectivity index (χ1n) is 7.57. The zero-order valence-electron chi connectivity index (χ0n) is 13.8. The lowest BCUT2D eigenvalue weighted by atomic mass is 10.2. The van der Waals surface area contributed by atoms with E-state index in [0.29, 0.717) is 29.5 Å². The quantitative estimate of drug-likeness (QED) is 0.752. The van der Waals surface area contributed by atoms with Crippen LogP contribution in [0.2, 0.25) is 0 Å². The Morgan fingerprint density at radius 1 is 1.17 bits per heavy atom. The third-order valence-corrected chi connectivity index (χ3v) is 3.21. The number of amides is 1. The largest absolute Gasteiger partial charge is 0.497 e. The minimum absolute atomic E-state index is 0.238. The molecule has 0 fully saturated rings. The first-order chi connectivity index (χ1) is 11.6. The number of ether oxygens (including phenoxy) is 3. The molecule has 126 valence electrons. The molecule has 0 aromatic heterocycles. The predicted octanol–water partition coefficient (Wildman–Crippen LogP) is 3.67. The lowest BCUT2D eigenvalue weighted by molar-refractivity contribution is -0.122.